The molecule has 1 aliphatic rings. The summed E-state index contributed by atoms with van der Waals surface area (Å²) in [5.74, 6) is -1.41. The van der Waals surface area contributed by atoms with Gasteiger partial charge >= 0.3 is 6.36 Å². The van der Waals surface area contributed by atoms with Crippen LogP contribution < -0.4 is 20.5 Å². The largest absolute Gasteiger partial charge is 0.573 e. The van der Waals surface area contributed by atoms with Gasteiger partial charge in [-0.15, -0.1) is 13.2 Å². The number of hydrogen-bond acceptors (Lipinski definition) is 5. The summed E-state index contributed by atoms with van der Waals surface area (Å²) in [6.07, 6.45) is -3.71. The summed E-state index contributed by atoms with van der Waals surface area (Å²) >= 11 is 0. The molecule has 1 fully saturated rings. The number of ether oxygens (including phenoxy) is 1. The first kappa shape index (κ1) is 22.9. The van der Waals surface area contributed by atoms with Gasteiger partial charge in [-0.1, -0.05) is 43.7 Å². The minimum atomic E-state index is -4.77. The lowest BCUT2D eigenvalue weighted by molar-refractivity contribution is -0.275. The van der Waals surface area contributed by atoms with Gasteiger partial charge in [0, 0.05) is 35.4 Å². The van der Waals surface area contributed by atoms with Gasteiger partial charge in [0.05, 0.1) is 5.97 Å². The van der Waals surface area contributed by atoms with Gasteiger partial charge in [-0.3, -0.25) is 0 Å². The second-order valence-electron chi connectivity index (χ2n) is 8.01. The van der Waals surface area contributed by atoms with Crippen molar-refractivity contribution in [1.82, 2.24) is 5.32 Å². The van der Waals surface area contributed by atoms with Crippen LogP contribution in [0, 0.1) is 12.8 Å². The molecule has 0 amide bonds. The highest BCUT2D eigenvalue weighted by molar-refractivity contribution is 5.93. The van der Waals surface area contributed by atoms with E-state index in [2.05, 4.69) is 15.4 Å². The highest BCUT2D eigenvalue weighted by Gasteiger charge is 2.36. The lowest BCUT2D eigenvalue weighted by atomic mass is 9.84. The van der Waals surface area contributed by atoms with E-state index in [4.69, 9.17) is 0 Å². The minimum Gasteiger partial charge on any atom is -0.545 e. The Morgan fingerprint density at radius 2 is 2.03 bits per heavy atom. The number of aryl methyl sites for hydroxylation is 2. The Morgan fingerprint density at radius 3 is 2.65 bits per heavy atom. The minimum absolute atomic E-state index is 0.0224. The number of carboxylic acid groups (broad SMARTS) is 1. The summed E-state index contributed by atoms with van der Waals surface area (Å²) in [5, 5.41) is 18.0. The van der Waals surface area contributed by atoms with Crippen LogP contribution in [0.3, 0.4) is 0 Å². The summed E-state index contributed by atoms with van der Waals surface area (Å²) in [4.78, 5) is 11.5. The number of carbonyl (C=O) groups is 1. The van der Waals surface area contributed by atoms with E-state index >= 15 is 0 Å². The molecule has 8 heteroatoms. The fourth-order valence-corrected chi connectivity index (χ4v) is 4.21. The number of carboxylic acids is 1. The second kappa shape index (κ2) is 9.18. The Hall–Kier alpha value is -2.74. The zero-order valence-electron chi connectivity index (χ0n) is 17.7. The molecule has 0 saturated carbocycles. The van der Waals surface area contributed by atoms with E-state index in [0.29, 0.717) is 36.2 Å². The van der Waals surface area contributed by atoms with Gasteiger partial charge in [0.25, 0.3) is 0 Å². The second-order valence-corrected chi connectivity index (χ2v) is 8.01. The van der Waals surface area contributed by atoms with Crippen LogP contribution in [0.2, 0.25) is 0 Å². The summed E-state index contributed by atoms with van der Waals surface area (Å²) in [7, 11) is 0. The van der Waals surface area contributed by atoms with E-state index in [1.54, 1.807) is 44.2 Å². The molecule has 3 atom stereocenters. The summed E-state index contributed by atoms with van der Waals surface area (Å²) in [6, 6.07) is 9.71. The molecule has 2 N–H and O–H groups in total. The van der Waals surface area contributed by atoms with Crippen molar-refractivity contribution in [2.24, 2.45) is 5.92 Å². The Labute approximate surface area is 179 Å². The van der Waals surface area contributed by atoms with Crippen LogP contribution in [0.4, 0.5) is 18.9 Å². The summed E-state index contributed by atoms with van der Waals surface area (Å²) < 4.78 is 43.5. The molecule has 168 valence electrons. The van der Waals surface area contributed by atoms with Crippen molar-refractivity contribution in [3.8, 4) is 5.75 Å². The van der Waals surface area contributed by atoms with E-state index in [0.717, 1.165) is 5.56 Å². The van der Waals surface area contributed by atoms with Crippen LogP contribution in [0.25, 0.3) is 0 Å². The number of nitrogens with one attached hydrogen (secondary N) is 2. The fourth-order valence-electron chi connectivity index (χ4n) is 4.21. The predicted molar refractivity (Wildman–Crippen MR) is 110 cm³/mol. The Bertz CT molecular complexity index is 946. The average molecular weight is 435 g/mol. The van der Waals surface area contributed by atoms with Crippen molar-refractivity contribution in [2.45, 2.75) is 52.1 Å². The van der Waals surface area contributed by atoms with Gasteiger partial charge in [-0.25, -0.2) is 0 Å². The number of alkyl halides is 3. The first-order valence-corrected chi connectivity index (χ1v) is 10.3. The van der Waals surface area contributed by atoms with Crippen LogP contribution in [0.1, 0.15) is 53.4 Å². The SMILES string of the molecule is CCc1cccc(C2NCC(Nc3ccc(C)cc3C(=O)[O-])CC2C)c1OC(F)(F)F. The molecular formula is C23H26F3N2O3-. The van der Waals surface area contributed by atoms with Crippen molar-refractivity contribution in [3.05, 3.63) is 58.7 Å². The Morgan fingerprint density at radius 1 is 1.29 bits per heavy atom. The van der Waals surface area contributed by atoms with Gasteiger partial charge in [-0.05, 0) is 43.4 Å². The predicted octanol–water partition coefficient (Wildman–Crippen LogP) is 3.97. The number of halogens is 3. The first-order chi connectivity index (χ1) is 14.6. The number of rotatable bonds is 6. The average Bonchev–Trinajstić information content (AvgIpc) is 2.68. The van der Waals surface area contributed by atoms with Crippen LogP contribution in [0.15, 0.2) is 36.4 Å². The Balaban J connectivity index is 1.80. The highest BCUT2D eigenvalue weighted by atomic mass is 19.4. The monoisotopic (exact) mass is 435 g/mol. The number of piperidine rings is 1. The first-order valence-electron chi connectivity index (χ1n) is 10.3. The van der Waals surface area contributed by atoms with E-state index in [1.807, 2.05) is 13.0 Å². The molecule has 1 aliphatic heterocycles. The number of para-hydroxylation sites is 1. The van der Waals surface area contributed by atoms with Gasteiger partial charge in [0.1, 0.15) is 5.75 Å². The number of carbonyl (C=O) groups excluding carboxylic acids is 1. The molecule has 3 rings (SSSR count). The van der Waals surface area contributed by atoms with Gasteiger partial charge in [0.15, 0.2) is 0 Å². The van der Waals surface area contributed by atoms with E-state index in [1.165, 1.54) is 0 Å². The third kappa shape index (κ3) is 5.50. The van der Waals surface area contributed by atoms with Crippen molar-refractivity contribution in [3.63, 3.8) is 0 Å². The van der Waals surface area contributed by atoms with Crippen molar-refractivity contribution in [1.29, 1.82) is 0 Å². The smallest absolute Gasteiger partial charge is 0.545 e. The highest BCUT2D eigenvalue weighted by Crippen LogP contribution is 2.39. The molecule has 5 nitrogen and oxygen atoms in total. The summed E-state index contributed by atoms with van der Waals surface area (Å²) in [6.45, 7) is 6.00. The molecule has 0 radical (unpaired) electrons. The third-order valence-electron chi connectivity index (χ3n) is 5.62. The number of aromatic carboxylic acids is 1. The van der Waals surface area contributed by atoms with Crippen molar-refractivity contribution in [2.75, 3.05) is 11.9 Å². The van der Waals surface area contributed by atoms with Crippen molar-refractivity contribution >= 4 is 11.7 Å². The molecule has 0 spiro atoms. The van der Waals surface area contributed by atoms with Gasteiger partial charge < -0.3 is 25.3 Å². The van der Waals surface area contributed by atoms with E-state index < -0.39 is 12.3 Å². The third-order valence-corrected chi connectivity index (χ3v) is 5.62. The lowest BCUT2D eigenvalue weighted by Gasteiger charge is -2.37. The van der Waals surface area contributed by atoms with Gasteiger partial charge in [-0.2, -0.15) is 0 Å². The Kier molecular flexibility index (Phi) is 6.79. The molecule has 2 aromatic carbocycles. The zero-order chi connectivity index (χ0) is 22.8. The molecule has 0 bridgehead atoms. The van der Waals surface area contributed by atoms with Crippen LogP contribution >= 0.6 is 0 Å². The molecule has 0 aromatic heterocycles. The van der Waals surface area contributed by atoms with E-state index in [-0.39, 0.29) is 29.3 Å². The fraction of sp³-hybridized carbons (Fsp3) is 0.435. The van der Waals surface area contributed by atoms with Crippen molar-refractivity contribution < 1.29 is 27.8 Å². The molecule has 1 saturated heterocycles. The van der Waals surface area contributed by atoms with Crippen LogP contribution in [-0.4, -0.2) is 24.9 Å². The maximum Gasteiger partial charge on any atom is 0.573 e. The molecule has 2 aromatic rings. The standard InChI is InChI=1S/C23H27F3N2O3/c1-4-15-6-5-7-17(21(15)31-23(24,25)26)20-14(3)11-16(12-27-20)28-19-9-8-13(2)10-18(19)22(29)30/h5-10,14,16,20,27-28H,4,11-12H2,1-3H3,(H,29,30)/p-1. The molecule has 3 unspecified atom stereocenters. The molecule has 1 heterocycles. The maximum atomic E-state index is 13.0. The topological polar surface area (TPSA) is 73.4 Å². The normalized spacial score (nSPS) is 21.5. The molecule has 0 aliphatic carbocycles. The summed E-state index contributed by atoms with van der Waals surface area (Å²) in [5.41, 5.74) is 2.35. The number of anilines is 1. The number of hydrogen-bond donors (Lipinski definition) is 2. The maximum absolute atomic E-state index is 13.0. The molecular weight excluding hydrogens is 409 g/mol. The zero-order valence-corrected chi connectivity index (χ0v) is 17.7. The van der Waals surface area contributed by atoms with Crippen LogP contribution in [-0.2, 0) is 6.42 Å². The lowest BCUT2D eigenvalue weighted by Crippen LogP contribution is -2.45. The quantitative estimate of drug-likeness (QED) is 0.718. The van der Waals surface area contributed by atoms with Crippen LogP contribution in [0.5, 0.6) is 5.75 Å². The van der Waals surface area contributed by atoms with Gasteiger partial charge in [0.2, 0.25) is 0 Å². The number of benzene rings is 2. The van der Waals surface area contributed by atoms with E-state index in [9.17, 15) is 23.1 Å². The molecule has 31 heavy (non-hydrogen) atoms.